The Balaban J connectivity index is 1.08. The predicted molar refractivity (Wildman–Crippen MR) is 281 cm³/mol. The molecule has 0 aromatic heterocycles. The zero-order valence-corrected chi connectivity index (χ0v) is 44.4. The van der Waals surface area contributed by atoms with Crippen molar-refractivity contribution in [2.24, 2.45) is 33.7 Å². The molecule has 6 heterocycles. The topological polar surface area (TPSA) is 235 Å². The number of carbonyl (C=O) groups is 3. The number of amides is 2. The van der Waals surface area contributed by atoms with E-state index in [1.54, 1.807) is 70.7 Å². The number of hydrogen-bond acceptors (Lipinski definition) is 15. The lowest BCUT2D eigenvalue weighted by atomic mass is 9.81. The molecule has 2 saturated heterocycles. The molecule has 3 unspecified atom stereocenters. The number of benzene rings is 3. The number of carbonyl (C=O) groups excluding carboxylic acids is 3. The molecule has 6 aliphatic rings. The van der Waals surface area contributed by atoms with Crippen LogP contribution in [0.2, 0.25) is 0 Å². The van der Waals surface area contributed by atoms with Gasteiger partial charge in [0.05, 0.1) is 29.2 Å². The van der Waals surface area contributed by atoms with Crippen molar-refractivity contribution in [2.45, 2.75) is 149 Å². The fraction of sp³-hybridized carbons (Fsp3) is 0.561. The molecule has 0 radical (unpaired) electrons. The van der Waals surface area contributed by atoms with Gasteiger partial charge in [-0.25, -0.2) is 0 Å². The Kier molecular flexibility index (Phi) is 16.2. The normalized spacial score (nSPS) is 29.4. The maximum absolute atomic E-state index is 14.0. The summed E-state index contributed by atoms with van der Waals surface area (Å²) in [5.41, 5.74) is 1.92. The minimum Gasteiger partial charge on any atom is -0.507 e. The molecule has 1 spiro atoms. The van der Waals surface area contributed by atoms with Gasteiger partial charge in [-0.2, -0.15) is 0 Å². The smallest absolute Gasteiger partial charge is 0.315 e. The molecule has 5 bridgehead atoms. The number of hydrogen-bond donors (Lipinski definition) is 7. The van der Waals surface area contributed by atoms with E-state index in [-0.39, 0.29) is 74.8 Å². The predicted octanol–water partition coefficient (Wildman–Crippen LogP) is 6.51. The fourth-order valence-corrected chi connectivity index (χ4v) is 11.1. The van der Waals surface area contributed by atoms with Crippen LogP contribution in [0.4, 0.5) is 11.4 Å². The van der Waals surface area contributed by atoms with E-state index in [0.717, 1.165) is 25.1 Å². The van der Waals surface area contributed by atoms with Crippen LogP contribution in [0.25, 0.3) is 10.8 Å². The molecule has 7 N–H and O–H groups in total. The summed E-state index contributed by atoms with van der Waals surface area (Å²) in [5, 5.41) is 66.9. The lowest BCUT2D eigenvalue weighted by Gasteiger charge is -2.36. The van der Waals surface area contributed by atoms with Gasteiger partial charge >= 0.3 is 5.97 Å². The summed E-state index contributed by atoms with van der Waals surface area (Å²) in [5.74, 6) is -5.46. The fourth-order valence-electron chi connectivity index (χ4n) is 11.1. The molecule has 8 atom stereocenters. The molecular weight excluding hydrogens is 945 g/mol. The largest absolute Gasteiger partial charge is 0.507 e. The van der Waals surface area contributed by atoms with Crippen LogP contribution in [0.3, 0.4) is 0 Å². The van der Waals surface area contributed by atoms with Gasteiger partial charge in [0.25, 0.3) is 11.7 Å². The molecule has 2 fully saturated rings. The van der Waals surface area contributed by atoms with Gasteiger partial charge in [-0.3, -0.25) is 24.4 Å². The zero-order chi connectivity index (χ0) is 53.4. The van der Waals surface area contributed by atoms with Crippen LogP contribution in [0.1, 0.15) is 116 Å². The van der Waals surface area contributed by atoms with Crippen molar-refractivity contribution in [1.82, 2.24) is 9.80 Å². The summed E-state index contributed by atoms with van der Waals surface area (Å²) < 4.78 is 18.7. The van der Waals surface area contributed by atoms with Gasteiger partial charge in [-0.05, 0) is 70.6 Å². The molecule has 6 aliphatic heterocycles. The Bertz CT molecular complexity index is 2830. The molecule has 0 aliphatic carbocycles. The summed E-state index contributed by atoms with van der Waals surface area (Å²) in [7, 11) is 0. The highest BCUT2D eigenvalue weighted by molar-refractivity contribution is 6.08. The highest BCUT2D eigenvalue weighted by Crippen LogP contribution is 2.54. The van der Waals surface area contributed by atoms with Crippen LogP contribution >= 0.6 is 0 Å². The van der Waals surface area contributed by atoms with Gasteiger partial charge in [0.1, 0.15) is 35.1 Å². The summed E-state index contributed by atoms with van der Waals surface area (Å²) in [6, 6.07) is 8.36. The van der Waals surface area contributed by atoms with Crippen LogP contribution in [0.5, 0.6) is 17.2 Å². The minimum absolute atomic E-state index is 0.0297. The molecular formula is C57H76N6O11. The Hall–Kier alpha value is -6.01. The molecule has 3 aromatic carbocycles. The molecule has 17 nitrogen and oxygen atoms in total. The zero-order valence-electron chi connectivity index (χ0n) is 44.4. The van der Waals surface area contributed by atoms with Crippen LogP contribution in [-0.2, 0) is 23.9 Å². The van der Waals surface area contributed by atoms with E-state index in [4.69, 9.17) is 24.2 Å². The Morgan fingerprint density at radius 3 is 2.26 bits per heavy atom. The standard InChI is InChI=1S/C57H76N6O11/c1-31(2)30-62-26-22-57(23-27-62)60-46-43-44-51(68)37(8)53-45(43)54(70)56(9,74-53)72-28-11-10-15-40(73-42(65)29-41(64)63-24-20-39(21-25-63)58-38-18-16-32(3)17-19-38)35(6)50(67)36(7)49(66)33(4)13-12-14-34(5)55(71)59-48(52(44)69)47(46)61-57/h11-14,16-19,28,31,33,35-36,39-40,49-50,54,58,66-70H,10,15,20-27,29-30H2,1-9H3,(H,59,71)/b13-12+,28-11+,34-14-/t33?,35-,36+,40+,49-,50?,54?,56-/m0/s1. The average molecular weight is 1020 g/mol. The minimum atomic E-state index is -1.75. The number of aliphatic hydroxyl groups is 3. The van der Waals surface area contributed by atoms with E-state index in [9.17, 15) is 39.9 Å². The van der Waals surface area contributed by atoms with E-state index >= 15 is 0 Å². The third-order valence-electron chi connectivity index (χ3n) is 15.8. The number of phenols is 2. The Morgan fingerprint density at radius 1 is 0.905 bits per heavy atom. The number of likely N-dealkylation sites (tertiary alicyclic amines) is 2. The summed E-state index contributed by atoms with van der Waals surface area (Å²) in [6.45, 7) is 19.7. The van der Waals surface area contributed by atoms with Gasteiger partial charge in [0.15, 0.2) is 17.5 Å². The number of aromatic hydroxyl groups is 2. The molecule has 9 rings (SSSR count). The van der Waals surface area contributed by atoms with E-state index < -0.39 is 77.7 Å². The van der Waals surface area contributed by atoms with E-state index in [0.29, 0.717) is 50.3 Å². The Morgan fingerprint density at radius 2 is 1.58 bits per heavy atom. The lowest BCUT2D eigenvalue weighted by molar-refractivity contribution is -0.180. The molecule has 2 amide bonds. The monoisotopic (exact) mass is 1020 g/mol. The number of aryl methyl sites for hydroxylation is 1. The summed E-state index contributed by atoms with van der Waals surface area (Å²) in [4.78, 5) is 55.6. The molecule has 400 valence electrons. The van der Waals surface area contributed by atoms with Crippen molar-refractivity contribution < 1.29 is 54.1 Å². The highest BCUT2D eigenvalue weighted by Gasteiger charge is 2.50. The van der Waals surface area contributed by atoms with E-state index in [1.165, 1.54) is 11.8 Å². The van der Waals surface area contributed by atoms with Crippen molar-refractivity contribution in [1.29, 1.82) is 0 Å². The van der Waals surface area contributed by atoms with Crippen LogP contribution in [0.15, 0.2) is 70.4 Å². The first-order valence-electron chi connectivity index (χ1n) is 26.4. The third kappa shape index (κ3) is 11.2. The second-order valence-electron chi connectivity index (χ2n) is 22.0. The SMILES string of the molecule is C/C1=C/C=C/C(C)[C@H](O)[C@@H](C)C(O)[C@@H](C)[C@H](OC(=O)CC(=O)N2CCC(Nc3ccc(C)cc3)CC2)CC/C=C/O[C@@]2(C)Oc3c(C)c(O)c4c(O)c(c5c(c4c3C2O)=NC2(CCN(CC(C)C)CC2)N=5)NC1=O. The first kappa shape index (κ1) is 54.3. The maximum Gasteiger partial charge on any atom is 0.315 e. The molecule has 74 heavy (non-hydrogen) atoms. The van der Waals surface area contributed by atoms with E-state index in [2.05, 4.69) is 29.4 Å². The van der Waals surface area contributed by atoms with Crippen molar-refractivity contribution >= 4 is 39.9 Å². The quantitative estimate of drug-likeness (QED) is 0.0761. The highest BCUT2D eigenvalue weighted by atomic mass is 16.7. The molecule has 0 saturated carbocycles. The summed E-state index contributed by atoms with van der Waals surface area (Å²) >= 11 is 0. The molecule has 17 heteroatoms. The number of aliphatic hydroxyl groups excluding tert-OH is 3. The van der Waals surface area contributed by atoms with Crippen molar-refractivity contribution in [3.63, 3.8) is 0 Å². The number of nitrogens with zero attached hydrogens (tertiary/aromatic N) is 4. The number of rotatable bonds is 7. The van der Waals surface area contributed by atoms with Crippen molar-refractivity contribution in [3.8, 4) is 17.2 Å². The third-order valence-corrected chi connectivity index (χ3v) is 15.8. The first-order valence-corrected chi connectivity index (χ1v) is 26.4. The van der Waals surface area contributed by atoms with Gasteiger partial charge in [0.2, 0.25) is 5.91 Å². The van der Waals surface area contributed by atoms with Gasteiger partial charge < -0.3 is 60.2 Å². The number of fused-ring (bicyclic) bond motifs is 13. The number of anilines is 2. The Labute approximate surface area is 433 Å². The number of esters is 1. The second-order valence-corrected chi connectivity index (χ2v) is 22.0. The van der Waals surface area contributed by atoms with Crippen molar-refractivity contribution in [3.05, 3.63) is 87.8 Å². The number of piperidine rings is 2. The van der Waals surface area contributed by atoms with Gasteiger partial charge in [-0.15, -0.1) is 0 Å². The molecule has 3 aromatic rings. The second kappa shape index (κ2) is 22.1. The average Bonchev–Trinajstić information content (AvgIpc) is 3.87. The van der Waals surface area contributed by atoms with Crippen LogP contribution in [0, 0.1) is 37.5 Å². The maximum atomic E-state index is 14.0. The van der Waals surface area contributed by atoms with Gasteiger partial charge in [-0.1, -0.05) is 70.5 Å². The van der Waals surface area contributed by atoms with Crippen molar-refractivity contribution in [2.75, 3.05) is 43.4 Å². The first-order chi connectivity index (χ1) is 35.1. The van der Waals surface area contributed by atoms with Crippen LogP contribution < -0.4 is 26.1 Å². The number of nitrogens with one attached hydrogen (secondary N) is 2. The summed E-state index contributed by atoms with van der Waals surface area (Å²) in [6.07, 6.45) is 5.95. The number of phenolic OH excluding ortho intramolecular Hbond substituents is 2. The van der Waals surface area contributed by atoms with Gasteiger partial charge in [0, 0.05) is 104 Å². The number of ether oxygens (including phenoxy) is 3. The van der Waals surface area contributed by atoms with Crippen LogP contribution in [-0.4, -0.2) is 122 Å². The number of allylic oxidation sites excluding steroid dienone is 3. The van der Waals surface area contributed by atoms with E-state index in [1.807, 2.05) is 31.2 Å². The lowest BCUT2D eigenvalue weighted by Crippen LogP contribution is -2.44.